The van der Waals surface area contributed by atoms with Gasteiger partial charge in [0.05, 0.1) is 0 Å². The number of allylic oxidation sites excluding steroid dienone is 1. The Kier molecular flexibility index (Phi) is 6.81. The second kappa shape index (κ2) is 8.92. The molecule has 4 rings (SSSR count). The zero-order valence-corrected chi connectivity index (χ0v) is 20.6. The fourth-order valence-corrected chi connectivity index (χ4v) is 9.19. The molecule has 0 heterocycles. The average molecular weight is 431 g/mol. The molecule has 3 fully saturated rings. The van der Waals surface area contributed by atoms with E-state index in [0.29, 0.717) is 17.3 Å². The predicted octanol–water partition coefficient (Wildman–Crippen LogP) is 7.62. The molecule has 4 aliphatic carbocycles. The number of fused-ring (bicyclic) bond motifs is 5. The van der Waals surface area contributed by atoms with E-state index in [2.05, 4.69) is 39.4 Å². The van der Waals surface area contributed by atoms with Crippen molar-refractivity contribution in [3.05, 3.63) is 11.6 Å². The van der Waals surface area contributed by atoms with Gasteiger partial charge >= 0.3 is 172 Å². The molecule has 0 radical (unpaired) electrons. The quantitative estimate of drug-likeness (QED) is 0.360. The first-order valence-corrected chi connectivity index (χ1v) is 13.6. The summed E-state index contributed by atoms with van der Waals surface area (Å²) in [6.07, 6.45) is 15.4. The van der Waals surface area contributed by atoms with E-state index in [1.165, 1.54) is 56.9 Å². The third kappa shape index (κ3) is 3.84. The first kappa shape index (κ1) is 22.9. The van der Waals surface area contributed by atoms with Crippen LogP contribution in [0.15, 0.2) is 11.6 Å². The third-order valence-electron chi connectivity index (χ3n) is 10.1. The van der Waals surface area contributed by atoms with Gasteiger partial charge in [-0.3, -0.25) is 0 Å². The average Bonchev–Trinajstić information content (AvgIpc) is 3.05. The van der Waals surface area contributed by atoms with Crippen molar-refractivity contribution in [3.8, 4) is 5.63 Å². The molecule has 168 valence electrons. The Morgan fingerprint density at radius 3 is 2.67 bits per heavy atom. The number of aliphatic hydroxyl groups is 1. The molecule has 0 aromatic rings. The second-order valence-electron chi connectivity index (χ2n) is 11.9. The van der Waals surface area contributed by atoms with E-state index in [1.54, 1.807) is 0 Å². The summed E-state index contributed by atoms with van der Waals surface area (Å²) < 4.78 is 11.8. The van der Waals surface area contributed by atoms with Gasteiger partial charge in [0.2, 0.25) is 0 Å². The molecule has 0 amide bonds. The summed E-state index contributed by atoms with van der Waals surface area (Å²) in [4.78, 5) is 0. The van der Waals surface area contributed by atoms with Gasteiger partial charge in [0.1, 0.15) is 0 Å². The van der Waals surface area contributed by atoms with Crippen LogP contribution in [0.5, 0.6) is 0 Å². The van der Waals surface area contributed by atoms with Crippen LogP contribution in [-0.2, 0) is 4.57 Å². The van der Waals surface area contributed by atoms with Crippen LogP contribution in [0.4, 0.5) is 0 Å². The summed E-state index contributed by atoms with van der Waals surface area (Å²) in [5.41, 5.74) is 5.12. The molecule has 0 aromatic heterocycles. The van der Waals surface area contributed by atoms with Crippen molar-refractivity contribution in [3.63, 3.8) is 0 Å². The van der Waals surface area contributed by atoms with E-state index in [0.717, 1.165) is 42.9 Å². The van der Waals surface area contributed by atoms with Gasteiger partial charge in [-0.1, -0.05) is 13.8 Å². The standard InChI is InChI=1S/C27H43O2P/c1-18(2)6-5-7-19(3)23-10-11-24-22-9-8-20-16-21(28)12-15-27(20,17-30-29)25(22)13-14-26(23,24)4/h8,18-19,21-25,28H,5-7,9-16H2,1-4H3/t19-,21+,22+,23-,24+,25+,26-,27-/m1/s1. The number of hydrogen-bond donors (Lipinski definition) is 1. The van der Waals surface area contributed by atoms with Gasteiger partial charge in [-0.05, 0) is 0 Å². The Morgan fingerprint density at radius 2 is 1.93 bits per heavy atom. The van der Waals surface area contributed by atoms with Crippen LogP contribution in [0.25, 0.3) is 0 Å². The maximum absolute atomic E-state index is 11.8. The van der Waals surface area contributed by atoms with Crippen molar-refractivity contribution in [2.45, 2.75) is 104 Å². The molecular formula is C27H43O2P. The molecule has 0 aromatic carbocycles. The minimum absolute atomic E-state index is 0.0532. The van der Waals surface area contributed by atoms with Gasteiger partial charge in [0, 0.05) is 0 Å². The molecule has 0 bridgehead atoms. The van der Waals surface area contributed by atoms with Gasteiger partial charge in [-0.2, -0.15) is 0 Å². The van der Waals surface area contributed by atoms with Gasteiger partial charge in [-0.25, -0.2) is 0 Å². The van der Waals surface area contributed by atoms with Crippen molar-refractivity contribution in [1.29, 1.82) is 0 Å². The summed E-state index contributed by atoms with van der Waals surface area (Å²) in [6.45, 7) is 9.85. The van der Waals surface area contributed by atoms with E-state index in [9.17, 15) is 9.67 Å². The third-order valence-corrected chi connectivity index (χ3v) is 10.5. The number of hydrogen-bond acceptors (Lipinski definition) is 2. The second-order valence-corrected chi connectivity index (χ2v) is 12.3. The zero-order valence-electron chi connectivity index (χ0n) is 19.7. The molecule has 0 saturated heterocycles. The van der Waals surface area contributed by atoms with Crippen molar-refractivity contribution in [1.82, 2.24) is 0 Å². The van der Waals surface area contributed by atoms with Crippen molar-refractivity contribution < 1.29 is 9.67 Å². The molecule has 3 heteroatoms. The van der Waals surface area contributed by atoms with Gasteiger partial charge < -0.3 is 0 Å². The van der Waals surface area contributed by atoms with Crippen LogP contribution in [0.3, 0.4) is 0 Å². The molecular weight excluding hydrogens is 387 g/mol. The fourth-order valence-electron chi connectivity index (χ4n) is 8.60. The predicted molar refractivity (Wildman–Crippen MR) is 125 cm³/mol. The molecule has 3 saturated carbocycles. The molecule has 2 nitrogen and oxygen atoms in total. The SMILES string of the molecule is CC(C)CCC[C@@H](C)[C@H]1CC[C@H]2[C@@H]3CC=C4C[C@@H](O)CC[C@]4(C#P=O)[C@H]3CC[C@]12C. The van der Waals surface area contributed by atoms with Crippen LogP contribution >= 0.6 is 7.92 Å². The normalized spacial score (nSPS) is 43.8. The summed E-state index contributed by atoms with van der Waals surface area (Å²) >= 11 is 0. The Balaban J connectivity index is 1.55. The zero-order chi connectivity index (χ0) is 21.5. The summed E-state index contributed by atoms with van der Waals surface area (Å²) in [5.74, 6) is 4.63. The fraction of sp³-hybridized carbons (Fsp3) is 0.889. The number of rotatable bonds is 5. The van der Waals surface area contributed by atoms with Crippen LogP contribution in [0, 0.1) is 52.0 Å². The first-order valence-electron chi connectivity index (χ1n) is 12.8. The van der Waals surface area contributed by atoms with Crippen molar-refractivity contribution in [2.75, 3.05) is 0 Å². The van der Waals surface area contributed by atoms with Crippen LogP contribution < -0.4 is 0 Å². The molecule has 8 atom stereocenters. The van der Waals surface area contributed by atoms with E-state index >= 15 is 0 Å². The van der Waals surface area contributed by atoms with Gasteiger partial charge in [-0.15, -0.1) is 0 Å². The van der Waals surface area contributed by atoms with Crippen LogP contribution in [0.2, 0.25) is 0 Å². The topological polar surface area (TPSA) is 37.3 Å². The molecule has 30 heavy (non-hydrogen) atoms. The molecule has 0 spiro atoms. The summed E-state index contributed by atoms with van der Waals surface area (Å²) in [7, 11) is 0.0532. The van der Waals surface area contributed by atoms with Gasteiger partial charge in [0.25, 0.3) is 0 Å². The van der Waals surface area contributed by atoms with Crippen LogP contribution in [0.1, 0.15) is 98.3 Å². The van der Waals surface area contributed by atoms with Crippen LogP contribution in [-0.4, -0.2) is 11.2 Å². The molecule has 4 aliphatic rings. The Labute approximate surface area is 185 Å². The summed E-state index contributed by atoms with van der Waals surface area (Å²) in [6, 6.07) is 0. The molecule has 0 aliphatic heterocycles. The van der Waals surface area contributed by atoms with E-state index in [-0.39, 0.29) is 19.4 Å². The maximum atomic E-state index is 11.8. The van der Waals surface area contributed by atoms with Crippen molar-refractivity contribution in [2.24, 2.45) is 46.3 Å². The molecule has 0 unspecified atom stereocenters. The van der Waals surface area contributed by atoms with Gasteiger partial charge in [0.15, 0.2) is 0 Å². The van der Waals surface area contributed by atoms with E-state index in [1.807, 2.05) is 0 Å². The minimum atomic E-state index is -0.220. The number of aliphatic hydroxyl groups excluding tert-OH is 1. The monoisotopic (exact) mass is 430 g/mol. The Morgan fingerprint density at radius 1 is 1.13 bits per heavy atom. The Hall–Kier alpha value is -0.290. The Bertz CT molecular complexity index is 767. The van der Waals surface area contributed by atoms with Crippen molar-refractivity contribution >= 4 is 7.92 Å². The summed E-state index contributed by atoms with van der Waals surface area (Å²) in [5, 5.41) is 10.3. The first-order chi connectivity index (χ1) is 14.3. The van der Waals surface area contributed by atoms with E-state index in [4.69, 9.17) is 0 Å². The molecule has 1 N–H and O–H groups in total. The van der Waals surface area contributed by atoms with E-state index < -0.39 is 0 Å².